The van der Waals surface area contributed by atoms with Crippen molar-refractivity contribution < 1.29 is 9.50 Å². The minimum absolute atomic E-state index is 0.301. The van der Waals surface area contributed by atoms with Crippen molar-refractivity contribution in [3.8, 4) is 0 Å². The summed E-state index contributed by atoms with van der Waals surface area (Å²) in [7, 11) is 0. The summed E-state index contributed by atoms with van der Waals surface area (Å²) in [6.45, 7) is 0.854. The van der Waals surface area contributed by atoms with Crippen molar-refractivity contribution >= 4 is 39.3 Å². The predicted molar refractivity (Wildman–Crippen MR) is 94.8 cm³/mol. The van der Waals surface area contributed by atoms with Gasteiger partial charge in [0.15, 0.2) is 0 Å². The van der Waals surface area contributed by atoms with E-state index < -0.39 is 5.60 Å². The smallest absolute Gasteiger partial charge is 0.140 e. The van der Waals surface area contributed by atoms with Crippen LogP contribution in [0.4, 0.5) is 10.2 Å². The lowest BCUT2D eigenvalue weighted by molar-refractivity contribution is 0.00718. The summed E-state index contributed by atoms with van der Waals surface area (Å²) in [4.78, 5) is 10.7. The van der Waals surface area contributed by atoms with E-state index in [0.717, 1.165) is 25.9 Å². The zero-order chi connectivity index (χ0) is 16.0. The first-order valence-corrected chi connectivity index (χ1v) is 8.27. The molecule has 6 heteroatoms. The van der Waals surface area contributed by atoms with Crippen molar-refractivity contribution in [1.29, 1.82) is 0 Å². The molecule has 0 amide bonds. The van der Waals surface area contributed by atoms with Crippen LogP contribution in [0.3, 0.4) is 0 Å². The molecule has 0 aliphatic carbocycles. The highest BCUT2D eigenvalue weighted by Crippen LogP contribution is 2.37. The maximum Gasteiger partial charge on any atom is 0.140 e. The third-order valence-corrected chi connectivity index (χ3v) is 4.83. The standard InChI is InChI=1S/C17H13FIN3O/c18-12-3-1-11(2-4-12)17(23)8-22(9-17)16-14-7-13(19)5-6-15(14)20-10-21-16/h1-7,10,23H,8-9H2. The van der Waals surface area contributed by atoms with E-state index >= 15 is 0 Å². The zero-order valence-corrected chi connectivity index (χ0v) is 14.2. The van der Waals surface area contributed by atoms with E-state index in [-0.39, 0.29) is 5.82 Å². The summed E-state index contributed by atoms with van der Waals surface area (Å²) in [5.74, 6) is 0.519. The van der Waals surface area contributed by atoms with Gasteiger partial charge in [-0.05, 0) is 58.5 Å². The lowest BCUT2D eigenvalue weighted by Crippen LogP contribution is -2.60. The quantitative estimate of drug-likeness (QED) is 0.647. The van der Waals surface area contributed by atoms with Crippen molar-refractivity contribution in [2.24, 2.45) is 0 Å². The molecule has 1 aromatic heterocycles. The average molecular weight is 421 g/mol. The monoisotopic (exact) mass is 421 g/mol. The molecular weight excluding hydrogens is 408 g/mol. The molecule has 4 nitrogen and oxygen atoms in total. The molecule has 116 valence electrons. The third kappa shape index (κ3) is 2.55. The van der Waals surface area contributed by atoms with Crippen LogP contribution in [0, 0.1) is 9.39 Å². The van der Waals surface area contributed by atoms with Crippen molar-refractivity contribution in [1.82, 2.24) is 9.97 Å². The second kappa shape index (κ2) is 5.38. The van der Waals surface area contributed by atoms with Gasteiger partial charge < -0.3 is 10.0 Å². The Morgan fingerprint density at radius 1 is 1.09 bits per heavy atom. The molecule has 0 atom stereocenters. The zero-order valence-electron chi connectivity index (χ0n) is 12.1. The van der Waals surface area contributed by atoms with Crippen LogP contribution < -0.4 is 4.90 Å². The number of fused-ring (bicyclic) bond motifs is 1. The number of aliphatic hydroxyl groups is 1. The Labute approximate surface area is 146 Å². The Morgan fingerprint density at radius 2 is 1.83 bits per heavy atom. The van der Waals surface area contributed by atoms with Crippen molar-refractivity contribution in [3.63, 3.8) is 0 Å². The van der Waals surface area contributed by atoms with Gasteiger partial charge in [-0.1, -0.05) is 12.1 Å². The minimum atomic E-state index is -0.965. The lowest BCUT2D eigenvalue weighted by atomic mass is 9.86. The van der Waals surface area contributed by atoms with Crippen LogP contribution in [0.1, 0.15) is 5.56 Å². The third-order valence-electron chi connectivity index (χ3n) is 4.16. The molecule has 2 aromatic carbocycles. The predicted octanol–water partition coefficient (Wildman–Crippen LogP) is 3.08. The minimum Gasteiger partial charge on any atom is -0.381 e. The van der Waals surface area contributed by atoms with E-state index in [4.69, 9.17) is 0 Å². The molecule has 4 rings (SSSR count). The lowest BCUT2D eigenvalue weighted by Gasteiger charge is -2.47. The summed E-state index contributed by atoms with van der Waals surface area (Å²) < 4.78 is 14.2. The SMILES string of the molecule is OC1(c2ccc(F)cc2)CN(c2ncnc3ccc(I)cc23)C1. The fraction of sp³-hybridized carbons (Fsp3) is 0.176. The second-order valence-corrected chi connectivity index (χ2v) is 7.00. The highest BCUT2D eigenvalue weighted by molar-refractivity contribution is 14.1. The van der Waals surface area contributed by atoms with Crippen LogP contribution in [-0.2, 0) is 5.60 Å². The number of anilines is 1. The van der Waals surface area contributed by atoms with Crippen molar-refractivity contribution in [2.75, 3.05) is 18.0 Å². The number of rotatable bonds is 2. The number of benzene rings is 2. The molecule has 0 saturated carbocycles. The van der Waals surface area contributed by atoms with Gasteiger partial charge in [-0.15, -0.1) is 0 Å². The Kier molecular flexibility index (Phi) is 3.46. The normalized spacial score (nSPS) is 16.4. The molecule has 0 spiro atoms. The van der Waals surface area contributed by atoms with E-state index in [1.54, 1.807) is 18.5 Å². The highest BCUT2D eigenvalue weighted by atomic mass is 127. The number of nitrogens with zero attached hydrogens (tertiary/aromatic N) is 3. The fourth-order valence-corrected chi connectivity index (χ4v) is 3.44. The summed E-state index contributed by atoms with van der Waals surface area (Å²) in [5, 5.41) is 11.7. The van der Waals surface area contributed by atoms with E-state index in [2.05, 4.69) is 32.6 Å². The Morgan fingerprint density at radius 3 is 2.57 bits per heavy atom. The highest BCUT2D eigenvalue weighted by Gasteiger charge is 2.43. The molecular formula is C17H13FIN3O. The maximum absolute atomic E-state index is 13.0. The van der Waals surface area contributed by atoms with E-state index in [1.807, 2.05) is 23.1 Å². The van der Waals surface area contributed by atoms with Crippen LogP contribution in [0.5, 0.6) is 0 Å². The Bertz CT molecular complexity index is 879. The molecule has 3 aromatic rings. The van der Waals surface area contributed by atoms with Crippen molar-refractivity contribution in [2.45, 2.75) is 5.60 Å². The largest absolute Gasteiger partial charge is 0.381 e. The molecule has 1 aliphatic heterocycles. The molecule has 0 unspecified atom stereocenters. The van der Waals surface area contributed by atoms with Crippen LogP contribution in [-0.4, -0.2) is 28.2 Å². The van der Waals surface area contributed by atoms with Crippen LogP contribution >= 0.6 is 22.6 Å². The summed E-state index contributed by atoms with van der Waals surface area (Å²) in [5.41, 5.74) is 0.642. The first kappa shape index (κ1) is 14.8. The van der Waals surface area contributed by atoms with Gasteiger partial charge in [0.25, 0.3) is 0 Å². The van der Waals surface area contributed by atoms with Gasteiger partial charge in [0.05, 0.1) is 18.6 Å². The molecule has 0 bridgehead atoms. The number of halogens is 2. The fourth-order valence-electron chi connectivity index (χ4n) is 2.94. The molecule has 0 radical (unpaired) electrons. The van der Waals surface area contributed by atoms with Gasteiger partial charge in [-0.25, -0.2) is 14.4 Å². The first-order chi connectivity index (χ1) is 11.0. The van der Waals surface area contributed by atoms with Gasteiger partial charge in [-0.3, -0.25) is 0 Å². The molecule has 2 heterocycles. The van der Waals surface area contributed by atoms with Crippen LogP contribution in [0.2, 0.25) is 0 Å². The summed E-state index contributed by atoms with van der Waals surface area (Å²) in [6.07, 6.45) is 1.54. The maximum atomic E-state index is 13.0. The van der Waals surface area contributed by atoms with E-state index in [0.29, 0.717) is 13.1 Å². The van der Waals surface area contributed by atoms with Gasteiger partial charge in [-0.2, -0.15) is 0 Å². The number of β-amino-alcohol motifs (C(OH)–C–C–N with tert-alkyl or cyclic N) is 1. The van der Waals surface area contributed by atoms with E-state index in [1.165, 1.54) is 12.1 Å². The second-order valence-electron chi connectivity index (χ2n) is 5.75. The topological polar surface area (TPSA) is 49.2 Å². The molecule has 1 N–H and O–H groups in total. The Hall–Kier alpha value is -1.80. The number of hydrogen-bond acceptors (Lipinski definition) is 4. The van der Waals surface area contributed by atoms with E-state index in [9.17, 15) is 9.50 Å². The van der Waals surface area contributed by atoms with Gasteiger partial charge in [0, 0.05) is 8.96 Å². The molecule has 1 saturated heterocycles. The molecule has 1 fully saturated rings. The Balaban J connectivity index is 1.65. The van der Waals surface area contributed by atoms with Gasteiger partial charge in [0.1, 0.15) is 23.6 Å². The average Bonchev–Trinajstić information content (AvgIpc) is 2.52. The van der Waals surface area contributed by atoms with Gasteiger partial charge in [0.2, 0.25) is 0 Å². The summed E-state index contributed by atoms with van der Waals surface area (Å²) >= 11 is 2.26. The van der Waals surface area contributed by atoms with Crippen LogP contribution in [0.25, 0.3) is 10.9 Å². The number of hydrogen-bond donors (Lipinski definition) is 1. The van der Waals surface area contributed by atoms with Crippen LogP contribution in [0.15, 0.2) is 48.8 Å². The summed E-state index contributed by atoms with van der Waals surface area (Å²) in [6, 6.07) is 12.0. The van der Waals surface area contributed by atoms with Gasteiger partial charge >= 0.3 is 0 Å². The molecule has 1 aliphatic rings. The first-order valence-electron chi connectivity index (χ1n) is 7.19. The molecule has 23 heavy (non-hydrogen) atoms. The number of aromatic nitrogens is 2. The van der Waals surface area contributed by atoms with Crippen molar-refractivity contribution in [3.05, 3.63) is 63.7 Å².